The van der Waals surface area contributed by atoms with E-state index in [1.54, 1.807) is 24.6 Å². The molecule has 1 amide bonds. The maximum Gasteiger partial charge on any atom is 0.207 e. The maximum atomic E-state index is 9.50. The molecule has 1 saturated carbocycles. The number of thiazole rings is 1. The minimum absolute atomic E-state index is 0.280. The summed E-state index contributed by atoms with van der Waals surface area (Å²) in [6, 6.07) is 4.29. The van der Waals surface area contributed by atoms with Crippen molar-refractivity contribution in [2.75, 3.05) is 12.4 Å². The first-order chi connectivity index (χ1) is 14.1. The number of anilines is 2. The number of nitrogens with one attached hydrogen (secondary N) is 3. The first kappa shape index (κ1) is 21.2. The molecule has 3 heterocycles. The number of rotatable bonds is 6. The lowest BCUT2D eigenvalue weighted by atomic mass is 9.85. The molecule has 9 heteroatoms. The van der Waals surface area contributed by atoms with Gasteiger partial charge in [-0.1, -0.05) is 0 Å². The van der Waals surface area contributed by atoms with Crippen LogP contribution in [-0.4, -0.2) is 45.8 Å². The molecule has 0 radical (unpaired) electrons. The van der Waals surface area contributed by atoms with Gasteiger partial charge < -0.3 is 15.4 Å². The topological polar surface area (TPSA) is 105 Å². The molecule has 0 unspecified atom stereocenters. The summed E-state index contributed by atoms with van der Waals surface area (Å²) in [6.45, 7) is 3.82. The Morgan fingerprint density at radius 3 is 2.72 bits per heavy atom. The first-order valence-electron chi connectivity index (χ1n) is 9.83. The Balaban J connectivity index is 0.000000353. The molecule has 0 spiro atoms. The average molecular weight is 417 g/mol. The molecule has 0 saturated heterocycles. The number of nitrogens with zero attached hydrogens (tertiary/aromatic N) is 3. The molecular weight excluding hydrogens is 388 g/mol. The van der Waals surface area contributed by atoms with E-state index in [0.29, 0.717) is 18.4 Å². The Morgan fingerprint density at radius 2 is 2.07 bits per heavy atom. The second kappa shape index (κ2) is 10.3. The Bertz CT molecular complexity index is 901. The van der Waals surface area contributed by atoms with E-state index in [0.717, 1.165) is 47.5 Å². The molecule has 1 aliphatic rings. The van der Waals surface area contributed by atoms with Crippen LogP contribution in [0.1, 0.15) is 51.1 Å². The lowest BCUT2D eigenvalue weighted by Gasteiger charge is -2.26. The van der Waals surface area contributed by atoms with Gasteiger partial charge in [0.15, 0.2) is 11.6 Å². The fourth-order valence-electron chi connectivity index (χ4n) is 3.36. The second-order valence-electron chi connectivity index (χ2n) is 7.34. The van der Waals surface area contributed by atoms with E-state index in [4.69, 9.17) is 4.74 Å². The maximum absolute atomic E-state index is 9.50. The molecule has 0 aromatic carbocycles. The molecule has 3 aromatic rings. The number of pyridine rings is 1. The number of H-pyrrole nitrogens is 1. The Labute approximate surface area is 174 Å². The van der Waals surface area contributed by atoms with Crippen molar-refractivity contribution < 1.29 is 9.53 Å². The standard InChI is InChI=1S/C16H19N5OS.C4H9NO/c1-22-11-4-2-10(3-5-11)13-8-14(21-20-13)19-16-15-12(6-7-17-16)18-9-23-15;1-4(2)5-3-6/h6-11H,2-5H2,1H3,(H2,17,19,20,21);3-4H,1-2H3,(H,5,6). The molecule has 3 N–H and O–H groups in total. The van der Waals surface area contributed by atoms with Crippen LogP contribution in [0.3, 0.4) is 0 Å². The highest BCUT2D eigenvalue weighted by molar-refractivity contribution is 7.17. The third-order valence-corrected chi connectivity index (χ3v) is 5.79. The fourth-order valence-corrected chi connectivity index (χ4v) is 4.09. The third kappa shape index (κ3) is 5.74. The van der Waals surface area contributed by atoms with Crippen LogP contribution in [0.2, 0.25) is 0 Å². The van der Waals surface area contributed by atoms with E-state index in [2.05, 4.69) is 36.9 Å². The normalized spacial score (nSPS) is 18.9. The van der Waals surface area contributed by atoms with Crippen LogP contribution in [0.25, 0.3) is 10.2 Å². The highest BCUT2D eigenvalue weighted by Crippen LogP contribution is 2.34. The van der Waals surface area contributed by atoms with Gasteiger partial charge in [-0.3, -0.25) is 9.89 Å². The Morgan fingerprint density at radius 1 is 1.28 bits per heavy atom. The lowest BCUT2D eigenvalue weighted by molar-refractivity contribution is -0.109. The smallest absolute Gasteiger partial charge is 0.207 e. The number of ether oxygens (including phenoxy) is 1. The highest BCUT2D eigenvalue weighted by Gasteiger charge is 2.23. The Kier molecular flexibility index (Phi) is 7.54. The predicted octanol–water partition coefficient (Wildman–Crippen LogP) is 3.97. The van der Waals surface area contributed by atoms with Crippen molar-refractivity contribution in [3.05, 3.63) is 29.5 Å². The van der Waals surface area contributed by atoms with E-state index >= 15 is 0 Å². The molecule has 3 aromatic heterocycles. The van der Waals surface area contributed by atoms with Crippen molar-refractivity contribution in [3.63, 3.8) is 0 Å². The Hall–Kier alpha value is -2.52. The number of aromatic amines is 1. The van der Waals surface area contributed by atoms with Gasteiger partial charge in [-0.05, 0) is 45.6 Å². The number of amides is 1. The number of hydrogen-bond donors (Lipinski definition) is 3. The van der Waals surface area contributed by atoms with Crippen molar-refractivity contribution in [1.29, 1.82) is 0 Å². The van der Waals surface area contributed by atoms with Gasteiger partial charge in [0.2, 0.25) is 6.41 Å². The van der Waals surface area contributed by atoms with E-state index in [1.165, 1.54) is 5.69 Å². The van der Waals surface area contributed by atoms with Gasteiger partial charge in [-0.2, -0.15) is 5.10 Å². The number of carbonyl (C=O) groups is 1. The van der Waals surface area contributed by atoms with E-state index < -0.39 is 0 Å². The van der Waals surface area contributed by atoms with Gasteiger partial charge in [0, 0.05) is 37.0 Å². The van der Waals surface area contributed by atoms with Crippen molar-refractivity contribution >= 4 is 39.6 Å². The quantitative estimate of drug-likeness (QED) is 0.525. The van der Waals surface area contributed by atoms with Gasteiger partial charge in [-0.15, -0.1) is 11.3 Å². The summed E-state index contributed by atoms with van der Waals surface area (Å²) in [5.41, 5.74) is 3.99. The number of carbonyl (C=O) groups excluding carboxylic acids is 1. The molecule has 8 nitrogen and oxygen atoms in total. The molecule has 1 fully saturated rings. The monoisotopic (exact) mass is 416 g/mol. The van der Waals surface area contributed by atoms with Crippen molar-refractivity contribution in [3.8, 4) is 0 Å². The lowest BCUT2D eigenvalue weighted by Crippen LogP contribution is -2.19. The summed E-state index contributed by atoms with van der Waals surface area (Å²) in [7, 11) is 1.80. The number of aromatic nitrogens is 4. The summed E-state index contributed by atoms with van der Waals surface area (Å²) >= 11 is 1.58. The zero-order chi connectivity index (χ0) is 20.6. The van der Waals surface area contributed by atoms with E-state index in [1.807, 2.05) is 25.4 Å². The van der Waals surface area contributed by atoms with Gasteiger partial charge in [0.1, 0.15) is 0 Å². The summed E-state index contributed by atoms with van der Waals surface area (Å²) < 4.78 is 6.49. The number of hydrogen-bond acceptors (Lipinski definition) is 7. The van der Waals surface area contributed by atoms with Gasteiger partial charge in [0.25, 0.3) is 0 Å². The SMILES string of the molecule is CC(C)NC=O.COC1CCC(c2cc(Nc3nccc4ncsc34)n[nH]2)CC1. The molecule has 156 valence electrons. The van der Waals surface area contributed by atoms with Crippen molar-refractivity contribution in [1.82, 2.24) is 25.5 Å². The summed E-state index contributed by atoms with van der Waals surface area (Å²) in [5, 5.41) is 13.4. The van der Waals surface area contributed by atoms with E-state index in [-0.39, 0.29) is 6.04 Å². The highest BCUT2D eigenvalue weighted by atomic mass is 32.1. The van der Waals surface area contributed by atoms with Crippen LogP contribution in [0.5, 0.6) is 0 Å². The second-order valence-corrected chi connectivity index (χ2v) is 8.20. The molecule has 0 atom stereocenters. The van der Waals surface area contributed by atoms with Gasteiger partial charge in [-0.25, -0.2) is 9.97 Å². The fraction of sp³-hybridized carbons (Fsp3) is 0.500. The number of fused-ring (bicyclic) bond motifs is 1. The summed E-state index contributed by atoms with van der Waals surface area (Å²) in [4.78, 5) is 18.2. The number of methoxy groups -OCH3 is 1. The molecule has 4 rings (SSSR count). The predicted molar refractivity (Wildman–Crippen MR) is 116 cm³/mol. The first-order valence-corrected chi connectivity index (χ1v) is 10.7. The summed E-state index contributed by atoms with van der Waals surface area (Å²) in [5.74, 6) is 2.16. The van der Waals surface area contributed by atoms with Crippen molar-refractivity contribution in [2.24, 2.45) is 0 Å². The van der Waals surface area contributed by atoms with E-state index in [9.17, 15) is 4.79 Å². The van der Waals surface area contributed by atoms with Crippen LogP contribution in [0, 0.1) is 0 Å². The zero-order valence-corrected chi connectivity index (χ0v) is 17.8. The molecule has 0 bridgehead atoms. The minimum Gasteiger partial charge on any atom is -0.381 e. The molecule has 29 heavy (non-hydrogen) atoms. The van der Waals surface area contributed by atoms with Crippen molar-refractivity contribution in [2.45, 2.75) is 57.6 Å². The average Bonchev–Trinajstić information content (AvgIpc) is 3.38. The van der Waals surface area contributed by atoms with Crippen LogP contribution < -0.4 is 10.6 Å². The van der Waals surface area contributed by atoms with Gasteiger partial charge in [0.05, 0.1) is 21.8 Å². The van der Waals surface area contributed by atoms with Crippen LogP contribution in [-0.2, 0) is 9.53 Å². The summed E-state index contributed by atoms with van der Waals surface area (Å²) in [6.07, 6.45) is 7.40. The van der Waals surface area contributed by atoms with Gasteiger partial charge >= 0.3 is 0 Å². The molecule has 1 aliphatic carbocycles. The van der Waals surface area contributed by atoms with Crippen LogP contribution >= 0.6 is 11.3 Å². The zero-order valence-electron chi connectivity index (χ0n) is 17.0. The molecule has 0 aliphatic heterocycles. The third-order valence-electron chi connectivity index (χ3n) is 4.94. The van der Waals surface area contributed by atoms with Crippen LogP contribution in [0.4, 0.5) is 11.6 Å². The largest absolute Gasteiger partial charge is 0.381 e. The minimum atomic E-state index is 0.280. The van der Waals surface area contributed by atoms with Crippen LogP contribution in [0.15, 0.2) is 23.8 Å². The molecular formula is C20H28N6O2S.